The summed E-state index contributed by atoms with van der Waals surface area (Å²) in [5.74, 6) is -1.84. The van der Waals surface area contributed by atoms with Gasteiger partial charge < -0.3 is 9.47 Å². The maximum Gasteiger partial charge on any atom is 0.415 e. The van der Waals surface area contributed by atoms with Crippen molar-refractivity contribution in [1.82, 2.24) is 4.90 Å². The van der Waals surface area contributed by atoms with Crippen LogP contribution in [-0.2, 0) is 16.0 Å². The van der Waals surface area contributed by atoms with Crippen molar-refractivity contribution in [2.45, 2.75) is 25.5 Å². The summed E-state index contributed by atoms with van der Waals surface area (Å²) in [6, 6.07) is 9.76. The minimum atomic E-state index is -0.827. The number of piperidine rings is 3. The molecule has 3 heterocycles. The summed E-state index contributed by atoms with van der Waals surface area (Å²) in [6.07, 6.45) is 1.02. The largest absolute Gasteiger partial charge is 0.465 e. The second-order valence-electron chi connectivity index (χ2n) is 7.90. The summed E-state index contributed by atoms with van der Waals surface area (Å²) in [5.41, 5.74) is 0.243. The first-order chi connectivity index (χ1) is 15.0. The van der Waals surface area contributed by atoms with Crippen molar-refractivity contribution in [2.24, 2.45) is 5.92 Å². The van der Waals surface area contributed by atoms with E-state index in [0.717, 1.165) is 39.1 Å². The predicted octanol–water partition coefficient (Wildman–Crippen LogP) is 3.99. The summed E-state index contributed by atoms with van der Waals surface area (Å²) in [4.78, 5) is 28.4. The van der Waals surface area contributed by atoms with Crippen molar-refractivity contribution >= 4 is 17.7 Å². The van der Waals surface area contributed by atoms with Crippen LogP contribution in [0.1, 0.15) is 28.8 Å². The lowest BCUT2D eigenvalue weighted by molar-refractivity contribution is -0.0311. The summed E-state index contributed by atoms with van der Waals surface area (Å²) < 4.78 is 39.0. The molecule has 3 aliphatic rings. The Morgan fingerprint density at radius 3 is 2.48 bits per heavy atom. The number of carbonyl (C=O) groups is 2. The fourth-order valence-corrected chi connectivity index (χ4v) is 4.28. The van der Waals surface area contributed by atoms with Gasteiger partial charge in [0, 0.05) is 6.54 Å². The van der Waals surface area contributed by atoms with Crippen LogP contribution in [0.3, 0.4) is 0 Å². The third-order valence-corrected chi connectivity index (χ3v) is 5.99. The molecule has 0 aromatic heterocycles. The SMILES string of the molecule is COC(=O)c1cc(CN(C(=O)OC2CN3CCC2CC3)c2ccccc2F)ccc1F. The molecule has 2 aromatic rings. The summed E-state index contributed by atoms with van der Waals surface area (Å²) in [5, 5.41) is 0. The first-order valence-electron chi connectivity index (χ1n) is 10.3. The van der Waals surface area contributed by atoms with Crippen LogP contribution in [0.25, 0.3) is 0 Å². The highest BCUT2D eigenvalue weighted by atomic mass is 19.1. The van der Waals surface area contributed by atoms with Gasteiger partial charge in [-0.2, -0.15) is 0 Å². The lowest BCUT2D eigenvalue weighted by Crippen LogP contribution is -2.53. The summed E-state index contributed by atoms with van der Waals surface area (Å²) >= 11 is 0. The second-order valence-corrected chi connectivity index (χ2v) is 7.90. The van der Waals surface area contributed by atoms with E-state index < -0.39 is 23.7 Å². The van der Waals surface area contributed by atoms with Crippen molar-refractivity contribution in [3.8, 4) is 0 Å². The Hall–Kier alpha value is -3.00. The van der Waals surface area contributed by atoms with Crippen molar-refractivity contribution in [2.75, 3.05) is 31.6 Å². The molecule has 8 heteroatoms. The number of para-hydroxylation sites is 1. The third-order valence-electron chi connectivity index (χ3n) is 5.99. The van der Waals surface area contributed by atoms with E-state index in [9.17, 15) is 18.4 Å². The first-order valence-corrected chi connectivity index (χ1v) is 10.3. The number of ether oxygens (including phenoxy) is 2. The Balaban J connectivity index is 1.60. The number of esters is 1. The van der Waals surface area contributed by atoms with Crippen LogP contribution < -0.4 is 4.90 Å². The van der Waals surface area contributed by atoms with Gasteiger partial charge in [-0.05, 0) is 61.7 Å². The number of anilines is 1. The molecule has 2 aromatic carbocycles. The average molecular weight is 430 g/mol. The highest BCUT2D eigenvalue weighted by molar-refractivity contribution is 5.90. The maximum absolute atomic E-state index is 14.6. The molecule has 2 bridgehead atoms. The molecule has 6 nitrogen and oxygen atoms in total. The van der Waals surface area contributed by atoms with E-state index in [1.165, 1.54) is 35.2 Å². The normalized spacial score (nSPS) is 22.1. The van der Waals surface area contributed by atoms with Crippen molar-refractivity contribution in [1.29, 1.82) is 0 Å². The molecule has 3 aliphatic heterocycles. The van der Waals surface area contributed by atoms with Crippen LogP contribution in [0.15, 0.2) is 42.5 Å². The Labute approximate surface area is 179 Å². The number of carbonyl (C=O) groups excluding carboxylic acids is 2. The van der Waals surface area contributed by atoms with Gasteiger partial charge in [-0.25, -0.2) is 18.4 Å². The minimum Gasteiger partial charge on any atom is -0.465 e. The van der Waals surface area contributed by atoms with Crippen molar-refractivity contribution < 1.29 is 27.8 Å². The molecule has 1 amide bonds. The zero-order valence-electron chi connectivity index (χ0n) is 17.2. The molecule has 164 valence electrons. The lowest BCUT2D eigenvalue weighted by atomic mass is 9.86. The predicted molar refractivity (Wildman–Crippen MR) is 110 cm³/mol. The number of rotatable bonds is 5. The summed E-state index contributed by atoms with van der Waals surface area (Å²) in [6.45, 7) is 2.58. The molecule has 0 spiro atoms. The van der Waals surface area contributed by atoms with E-state index in [2.05, 4.69) is 9.64 Å². The van der Waals surface area contributed by atoms with Gasteiger partial charge in [0.15, 0.2) is 0 Å². The fraction of sp³-hybridized carbons (Fsp3) is 0.391. The minimum absolute atomic E-state index is 0.0534. The van der Waals surface area contributed by atoms with Crippen LogP contribution >= 0.6 is 0 Å². The Kier molecular flexibility index (Phi) is 6.18. The molecule has 0 saturated carbocycles. The zero-order valence-corrected chi connectivity index (χ0v) is 17.2. The van der Waals surface area contributed by atoms with Crippen molar-refractivity contribution in [3.63, 3.8) is 0 Å². The Morgan fingerprint density at radius 2 is 1.84 bits per heavy atom. The molecule has 0 N–H and O–H groups in total. The third kappa shape index (κ3) is 4.54. The monoisotopic (exact) mass is 430 g/mol. The highest BCUT2D eigenvalue weighted by Gasteiger charge is 2.37. The number of fused-ring (bicyclic) bond motifs is 3. The average Bonchev–Trinajstić information content (AvgIpc) is 2.79. The van der Waals surface area contributed by atoms with Crippen LogP contribution in [0, 0.1) is 17.6 Å². The fourth-order valence-electron chi connectivity index (χ4n) is 4.28. The Morgan fingerprint density at radius 1 is 1.10 bits per heavy atom. The van der Waals surface area contributed by atoms with E-state index in [1.807, 2.05) is 0 Å². The number of benzene rings is 2. The van der Waals surface area contributed by atoms with Gasteiger partial charge in [-0.15, -0.1) is 0 Å². The molecule has 1 atom stereocenters. The topological polar surface area (TPSA) is 59.1 Å². The molecule has 1 unspecified atom stereocenters. The molecule has 0 aliphatic carbocycles. The van der Waals surface area contributed by atoms with Gasteiger partial charge in [0.25, 0.3) is 0 Å². The van der Waals surface area contributed by atoms with Crippen LogP contribution in [0.5, 0.6) is 0 Å². The van der Waals surface area contributed by atoms with Crippen LogP contribution in [0.2, 0.25) is 0 Å². The zero-order chi connectivity index (χ0) is 22.0. The van der Waals surface area contributed by atoms with Gasteiger partial charge in [0.05, 0.1) is 24.9 Å². The van der Waals surface area contributed by atoms with E-state index in [4.69, 9.17) is 4.74 Å². The van der Waals surface area contributed by atoms with E-state index >= 15 is 0 Å². The van der Waals surface area contributed by atoms with Gasteiger partial charge in [-0.3, -0.25) is 9.80 Å². The standard InChI is InChI=1S/C23H24F2N2O4/c1-30-22(28)17-12-15(6-7-18(17)24)13-27(20-5-3-2-4-19(20)25)23(29)31-21-14-26-10-8-16(21)9-11-26/h2-7,12,16,21H,8-11,13-14H2,1H3. The highest BCUT2D eigenvalue weighted by Crippen LogP contribution is 2.31. The van der Waals surface area contributed by atoms with Crippen LogP contribution in [0.4, 0.5) is 19.3 Å². The van der Waals surface area contributed by atoms with Gasteiger partial charge in [0.2, 0.25) is 0 Å². The Bertz CT molecular complexity index is 976. The van der Waals surface area contributed by atoms with E-state index in [0.29, 0.717) is 18.0 Å². The lowest BCUT2D eigenvalue weighted by Gasteiger charge is -2.44. The molecule has 0 radical (unpaired) electrons. The van der Waals surface area contributed by atoms with Crippen molar-refractivity contribution in [3.05, 3.63) is 65.2 Å². The maximum atomic E-state index is 14.6. The summed E-state index contributed by atoms with van der Waals surface area (Å²) in [7, 11) is 1.16. The smallest absolute Gasteiger partial charge is 0.415 e. The molecule has 3 fully saturated rings. The number of halogens is 2. The molecular formula is C23H24F2N2O4. The van der Waals surface area contributed by atoms with Gasteiger partial charge in [0.1, 0.15) is 17.7 Å². The van der Waals surface area contributed by atoms with E-state index in [1.54, 1.807) is 6.07 Å². The first kappa shape index (κ1) is 21.2. The number of hydrogen-bond donors (Lipinski definition) is 0. The van der Waals surface area contributed by atoms with Gasteiger partial charge >= 0.3 is 12.1 Å². The molecule has 3 saturated heterocycles. The quantitative estimate of drug-likeness (QED) is 0.672. The number of methoxy groups -OCH3 is 1. The molecular weight excluding hydrogens is 406 g/mol. The van der Waals surface area contributed by atoms with E-state index in [-0.39, 0.29) is 23.9 Å². The van der Waals surface area contributed by atoms with Gasteiger partial charge in [-0.1, -0.05) is 18.2 Å². The second kappa shape index (κ2) is 9.01. The van der Waals surface area contributed by atoms with Crippen LogP contribution in [-0.4, -0.2) is 49.8 Å². The number of hydrogen-bond acceptors (Lipinski definition) is 5. The number of amides is 1. The molecule has 31 heavy (non-hydrogen) atoms. The molecule has 5 rings (SSSR count). The number of nitrogens with zero attached hydrogens (tertiary/aromatic N) is 2.